The van der Waals surface area contributed by atoms with E-state index < -0.39 is 35.2 Å². The van der Waals surface area contributed by atoms with Crippen LogP contribution in [0, 0.1) is 11.2 Å². The molecule has 5 nitrogen and oxygen atoms in total. The summed E-state index contributed by atoms with van der Waals surface area (Å²) in [4.78, 5) is 12.7. The fourth-order valence-electron chi connectivity index (χ4n) is 2.84. The molecule has 0 bridgehead atoms. The fraction of sp³-hybridized carbons (Fsp3) is 0.350. The molecule has 0 unspecified atom stereocenters. The maximum absolute atomic E-state index is 13.2. The minimum atomic E-state index is -4.63. The third kappa shape index (κ3) is 4.68. The van der Waals surface area contributed by atoms with E-state index in [1.165, 1.54) is 30.3 Å². The van der Waals surface area contributed by atoms with E-state index in [2.05, 4.69) is 5.32 Å². The van der Waals surface area contributed by atoms with Gasteiger partial charge in [0.2, 0.25) is 5.91 Å². The highest BCUT2D eigenvalue weighted by Gasteiger charge is 2.40. The average Bonchev–Trinajstić information content (AvgIpc) is 2.68. The molecule has 0 radical (unpaired) electrons. The van der Waals surface area contributed by atoms with Gasteiger partial charge in [0, 0.05) is 11.3 Å². The predicted octanol–water partition coefficient (Wildman–Crippen LogP) is 4.54. The number of alkyl halides is 3. The van der Waals surface area contributed by atoms with Gasteiger partial charge in [-0.2, -0.15) is 13.2 Å². The number of ether oxygens (including phenoxy) is 3. The van der Waals surface area contributed by atoms with Crippen molar-refractivity contribution in [3.8, 4) is 5.75 Å². The van der Waals surface area contributed by atoms with Crippen LogP contribution in [0.15, 0.2) is 42.5 Å². The van der Waals surface area contributed by atoms with Gasteiger partial charge in [0.25, 0.3) is 0 Å². The highest BCUT2D eigenvalue weighted by atomic mass is 19.4. The molecule has 1 saturated heterocycles. The number of hydrogen-bond donors (Lipinski definition) is 1. The largest absolute Gasteiger partial charge is 0.496 e. The first-order chi connectivity index (χ1) is 13.6. The van der Waals surface area contributed by atoms with Gasteiger partial charge < -0.3 is 19.5 Å². The Morgan fingerprint density at radius 2 is 1.76 bits per heavy atom. The standard InChI is InChI=1S/C20H19F4NO4/c1-19(10-28-17(29-11-19)12-3-5-13(21)6-4-12)18(26)25-14-7-8-16(27-2)15(9-14)20(22,23)24/h3-9,17H,10-11H2,1-2H3,(H,25,26). The lowest BCUT2D eigenvalue weighted by atomic mass is 9.90. The minimum absolute atomic E-state index is 0.0231. The van der Waals surface area contributed by atoms with E-state index in [0.29, 0.717) is 5.56 Å². The van der Waals surface area contributed by atoms with Gasteiger partial charge in [0.05, 0.1) is 31.3 Å². The Kier molecular flexibility index (Phi) is 5.81. The van der Waals surface area contributed by atoms with Crippen molar-refractivity contribution in [2.45, 2.75) is 19.4 Å². The summed E-state index contributed by atoms with van der Waals surface area (Å²) in [5.74, 6) is -1.28. The van der Waals surface area contributed by atoms with Gasteiger partial charge in [-0.05, 0) is 37.3 Å². The summed E-state index contributed by atoms with van der Waals surface area (Å²) in [6.45, 7) is 1.53. The highest BCUT2D eigenvalue weighted by molar-refractivity contribution is 5.95. The Morgan fingerprint density at radius 3 is 2.31 bits per heavy atom. The summed E-state index contributed by atoms with van der Waals surface area (Å²) in [5.41, 5.74) is -1.53. The number of anilines is 1. The zero-order valence-corrected chi connectivity index (χ0v) is 15.7. The van der Waals surface area contributed by atoms with Crippen LogP contribution < -0.4 is 10.1 Å². The van der Waals surface area contributed by atoms with Crippen molar-refractivity contribution in [1.29, 1.82) is 0 Å². The first-order valence-corrected chi connectivity index (χ1v) is 8.68. The second-order valence-electron chi connectivity index (χ2n) is 6.93. The molecule has 156 valence electrons. The van der Waals surface area contributed by atoms with E-state index in [1.54, 1.807) is 6.92 Å². The lowest BCUT2D eigenvalue weighted by molar-refractivity contribution is -0.226. The molecular weight excluding hydrogens is 394 g/mol. The van der Waals surface area contributed by atoms with Gasteiger partial charge in [0.15, 0.2) is 6.29 Å². The Morgan fingerprint density at radius 1 is 1.14 bits per heavy atom. The quantitative estimate of drug-likeness (QED) is 0.748. The van der Waals surface area contributed by atoms with Crippen LogP contribution in [0.3, 0.4) is 0 Å². The third-order valence-corrected chi connectivity index (χ3v) is 4.56. The molecule has 9 heteroatoms. The van der Waals surface area contributed by atoms with Crippen molar-refractivity contribution in [2.75, 3.05) is 25.6 Å². The number of halogens is 4. The molecule has 29 heavy (non-hydrogen) atoms. The molecule has 0 saturated carbocycles. The normalized spacial score (nSPS) is 22.2. The van der Waals surface area contributed by atoms with Crippen molar-refractivity contribution in [2.24, 2.45) is 5.41 Å². The van der Waals surface area contributed by atoms with Crippen molar-refractivity contribution < 1.29 is 36.6 Å². The van der Waals surface area contributed by atoms with Gasteiger partial charge in [-0.25, -0.2) is 4.39 Å². The monoisotopic (exact) mass is 413 g/mol. The van der Waals surface area contributed by atoms with Crippen molar-refractivity contribution >= 4 is 11.6 Å². The van der Waals surface area contributed by atoms with Crippen LogP contribution in [0.5, 0.6) is 5.75 Å². The van der Waals surface area contributed by atoms with Crippen LogP contribution in [-0.2, 0) is 20.4 Å². The Bertz CT molecular complexity index is 875. The molecule has 1 aliphatic heterocycles. The molecule has 0 aliphatic carbocycles. The fourth-order valence-corrected chi connectivity index (χ4v) is 2.84. The smallest absolute Gasteiger partial charge is 0.420 e. The van der Waals surface area contributed by atoms with E-state index in [0.717, 1.165) is 19.2 Å². The van der Waals surface area contributed by atoms with Crippen LogP contribution in [0.25, 0.3) is 0 Å². The Hall–Kier alpha value is -2.65. The number of amides is 1. The summed E-state index contributed by atoms with van der Waals surface area (Å²) >= 11 is 0. The van der Waals surface area contributed by atoms with Crippen LogP contribution in [0.1, 0.15) is 24.3 Å². The van der Waals surface area contributed by atoms with Gasteiger partial charge in [-0.1, -0.05) is 12.1 Å². The highest BCUT2D eigenvalue weighted by Crippen LogP contribution is 2.38. The second-order valence-corrected chi connectivity index (χ2v) is 6.93. The molecular formula is C20H19F4NO4. The van der Waals surface area contributed by atoms with Gasteiger partial charge in [0.1, 0.15) is 11.6 Å². The van der Waals surface area contributed by atoms with Crippen LogP contribution in [0.4, 0.5) is 23.2 Å². The Balaban J connectivity index is 1.69. The topological polar surface area (TPSA) is 56.8 Å². The molecule has 2 aromatic rings. The molecule has 0 aromatic heterocycles. The maximum Gasteiger partial charge on any atom is 0.420 e. The van der Waals surface area contributed by atoms with E-state index >= 15 is 0 Å². The number of benzene rings is 2. The minimum Gasteiger partial charge on any atom is -0.496 e. The van der Waals surface area contributed by atoms with E-state index in [4.69, 9.17) is 14.2 Å². The number of carbonyl (C=O) groups excluding carboxylic acids is 1. The van der Waals surface area contributed by atoms with Gasteiger partial charge in [-0.15, -0.1) is 0 Å². The first kappa shape index (κ1) is 21.1. The van der Waals surface area contributed by atoms with Gasteiger partial charge >= 0.3 is 6.18 Å². The van der Waals surface area contributed by atoms with Crippen LogP contribution in [-0.4, -0.2) is 26.2 Å². The second kappa shape index (κ2) is 8.00. The summed E-state index contributed by atoms with van der Waals surface area (Å²) in [6.07, 6.45) is -5.38. The summed E-state index contributed by atoms with van der Waals surface area (Å²) < 4.78 is 68.4. The van der Waals surface area contributed by atoms with Crippen LogP contribution >= 0.6 is 0 Å². The lowest BCUT2D eigenvalue weighted by Gasteiger charge is -2.36. The molecule has 1 heterocycles. The molecule has 1 aliphatic rings. The van der Waals surface area contributed by atoms with E-state index in [-0.39, 0.29) is 24.7 Å². The Labute approximate surface area is 164 Å². The SMILES string of the molecule is COc1ccc(NC(=O)C2(C)COC(c3ccc(F)cc3)OC2)cc1C(F)(F)F. The number of methoxy groups -OCH3 is 1. The zero-order valence-electron chi connectivity index (χ0n) is 15.7. The number of rotatable bonds is 4. The summed E-state index contributed by atoms with van der Waals surface area (Å²) in [5, 5.41) is 2.47. The molecule has 1 fully saturated rings. The van der Waals surface area contributed by atoms with Crippen molar-refractivity contribution in [3.05, 3.63) is 59.4 Å². The molecule has 0 spiro atoms. The van der Waals surface area contributed by atoms with Crippen molar-refractivity contribution in [3.63, 3.8) is 0 Å². The average molecular weight is 413 g/mol. The van der Waals surface area contributed by atoms with Crippen LogP contribution in [0.2, 0.25) is 0 Å². The van der Waals surface area contributed by atoms with Crippen molar-refractivity contribution in [1.82, 2.24) is 0 Å². The number of carbonyl (C=O) groups is 1. The zero-order chi connectivity index (χ0) is 21.2. The maximum atomic E-state index is 13.2. The first-order valence-electron chi connectivity index (χ1n) is 8.68. The molecule has 3 rings (SSSR count). The third-order valence-electron chi connectivity index (χ3n) is 4.56. The van der Waals surface area contributed by atoms with E-state index in [1.807, 2.05) is 0 Å². The predicted molar refractivity (Wildman–Crippen MR) is 95.8 cm³/mol. The summed E-state index contributed by atoms with van der Waals surface area (Å²) in [6, 6.07) is 8.83. The molecule has 1 N–H and O–H groups in total. The summed E-state index contributed by atoms with van der Waals surface area (Å²) in [7, 11) is 1.14. The van der Waals surface area contributed by atoms with Gasteiger partial charge in [-0.3, -0.25) is 4.79 Å². The molecule has 0 atom stereocenters. The lowest BCUT2D eigenvalue weighted by Crippen LogP contribution is -2.45. The molecule has 1 amide bonds. The number of hydrogen-bond acceptors (Lipinski definition) is 4. The molecule has 2 aromatic carbocycles. The van der Waals surface area contributed by atoms with E-state index in [9.17, 15) is 22.4 Å². The number of nitrogens with one attached hydrogen (secondary N) is 1.